The van der Waals surface area contributed by atoms with Crippen molar-refractivity contribution in [2.24, 2.45) is 0 Å². The number of amides is 1. The molecule has 3 rings (SSSR count). The van der Waals surface area contributed by atoms with Crippen LogP contribution in [0.4, 0.5) is 10.8 Å². The number of para-hydroxylation sites is 1. The average Bonchev–Trinajstić information content (AvgIpc) is 3.03. The molecular weight excluding hydrogens is 366 g/mol. The zero-order valence-electron chi connectivity index (χ0n) is 14.7. The molecule has 1 heterocycles. The van der Waals surface area contributed by atoms with Crippen molar-refractivity contribution in [1.82, 2.24) is 9.88 Å². The lowest BCUT2D eigenvalue weighted by Crippen LogP contribution is -2.23. The summed E-state index contributed by atoms with van der Waals surface area (Å²) in [5.41, 5.74) is 2.93. The molecule has 0 aliphatic carbocycles. The van der Waals surface area contributed by atoms with Crippen LogP contribution < -0.4 is 4.90 Å². The predicted molar refractivity (Wildman–Crippen MR) is 108 cm³/mol. The van der Waals surface area contributed by atoms with Gasteiger partial charge in [-0.2, -0.15) is 0 Å². The average molecular weight is 386 g/mol. The summed E-state index contributed by atoms with van der Waals surface area (Å²) in [6.45, 7) is 3.03. The van der Waals surface area contributed by atoms with E-state index in [2.05, 4.69) is 16.0 Å². The summed E-state index contributed by atoms with van der Waals surface area (Å²) < 4.78 is 0. The van der Waals surface area contributed by atoms with Crippen molar-refractivity contribution in [3.63, 3.8) is 0 Å². The van der Waals surface area contributed by atoms with Crippen molar-refractivity contribution in [1.29, 1.82) is 0 Å². The molecule has 1 aromatic heterocycles. The zero-order chi connectivity index (χ0) is 18.5. The summed E-state index contributed by atoms with van der Waals surface area (Å²) in [4.78, 5) is 20.6. The van der Waals surface area contributed by atoms with Crippen LogP contribution in [0.3, 0.4) is 0 Å². The Labute approximate surface area is 162 Å². The number of halogens is 1. The molecule has 0 N–H and O–H groups in total. The van der Waals surface area contributed by atoms with Crippen molar-refractivity contribution >= 4 is 39.7 Å². The van der Waals surface area contributed by atoms with E-state index < -0.39 is 0 Å². The van der Waals surface area contributed by atoms with E-state index in [9.17, 15) is 4.79 Å². The second kappa shape index (κ2) is 8.45. The lowest BCUT2D eigenvalue weighted by atomic mass is 10.2. The molecule has 4 nitrogen and oxygen atoms in total. The number of hydrogen-bond donors (Lipinski definition) is 0. The van der Waals surface area contributed by atoms with E-state index in [1.54, 1.807) is 11.8 Å². The topological polar surface area (TPSA) is 36.4 Å². The molecule has 0 saturated carbocycles. The molecule has 0 atom stereocenters. The van der Waals surface area contributed by atoms with E-state index >= 15 is 0 Å². The van der Waals surface area contributed by atoms with Gasteiger partial charge < -0.3 is 0 Å². The first-order valence-electron chi connectivity index (χ1n) is 8.26. The lowest BCUT2D eigenvalue weighted by Gasteiger charge is -2.18. The third-order valence-electron chi connectivity index (χ3n) is 3.83. The lowest BCUT2D eigenvalue weighted by molar-refractivity contribution is -0.115. The van der Waals surface area contributed by atoms with E-state index in [1.165, 1.54) is 11.3 Å². The quantitative estimate of drug-likeness (QED) is 0.591. The Kier molecular flexibility index (Phi) is 6.04. The highest BCUT2D eigenvalue weighted by Crippen LogP contribution is 2.29. The molecule has 0 unspecified atom stereocenters. The first kappa shape index (κ1) is 18.6. The maximum atomic E-state index is 12.1. The van der Waals surface area contributed by atoms with Crippen LogP contribution in [-0.4, -0.2) is 22.8 Å². The molecular formula is C20H20ClN3OS. The van der Waals surface area contributed by atoms with Gasteiger partial charge in [-0.05, 0) is 36.9 Å². The van der Waals surface area contributed by atoms with Gasteiger partial charge in [0, 0.05) is 30.4 Å². The van der Waals surface area contributed by atoms with E-state index in [0.717, 1.165) is 28.5 Å². The Bertz CT molecular complexity index is 882. The fraction of sp³-hybridized carbons (Fsp3) is 0.200. The zero-order valence-corrected chi connectivity index (χ0v) is 16.3. The van der Waals surface area contributed by atoms with Gasteiger partial charge in [-0.3, -0.25) is 14.6 Å². The van der Waals surface area contributed by atoms with Crippen molar-refractivity contribution in [2.45, 2.75) is 20.0 Å². The molecule has 0 aliphatic rings. The minimum Gasteiger partial charge on any atom is -0.296 e. The van der Waals surface area contributed by atoms with Crippen LogP contribution in [-0.2, 0) is 17.9 Å². The Hall–Kier alpha value is -2.21. The Morgan fingerprint density at radius 2 is 1.88 bits per heavy atom. The van der Waals surface area contributed by atoms with Crippen LogP contribution in [0.1, 0.15) is 18.2 Å². The van der Waals surface area contributed by atoms with Crippen LogP contribution in [0.15, 0.2) is 60.0 Å². The minimum atomic E-state index is -0.0515. The molecule has 2 aromatic carbocycles. The minimum absolute atomic E-state index is 0.0515. The van der Waals surface area contributed by atoms with Gasteiger partial charge in [-0.15, -0.1) is 11.3 Å². The van der Waals surface area contributed by atoms with Crippen molar-refractivity contribution < 1.29 is 4.79 Å². The van der Waals surface area contributed by atoms with E-state index in [1.807, 2.05) is 61.0 Å². The maximum Gasteiger partial charge on any atom is 0.230 e. The molecule has 1 amide bonds. The third-order valence-corrected chi connectivity index (χ3v) is 4.94. The van der Waals surface area contributed by atoms with E-state index in [0.29, 0.717) is 11.7 Å². The fourth-order valence-electron chi connectivity index (χ4n) is 2.76. The number of thiazole rings is 1. The van der Waals surface area contributed by atoms with Gasteiger partial charge in [-0.1, -0.05) is 41.9 Å². The Morgan fingerprint density at radius 3 is 2.58 bits per heavy atom. The number of nitrogens with zero attached hydrogens (tertiary/aromatic N) is 3. The van der Waals surface area contributed by atoms with Crippen LogP contribution >= 0.6 is 22.9 Å². The molecule has 0 radical (unpaired) electrons. The number of aromatic nitrogens is 1. The number of hydrogen-bond acceptors (Lipinski definition) is 4. The number of rotatable bonds is 6. The number of carbonyl (C=O) groups is 1. The van der Waals surface area contributed by atoms with Gasteiger partial charge in [0.15, 0.2) is 5.13 Å². The van der Waals surface area contributed by atoms with Crippen LogP contribution in [0.2, 0.25) is 5.02 Å². The molecule has 0 bridgehead atoms. The van der Waals surface area contributed by atoms with Crippen molar-refractivity contribution in [2.75, 3.05) is 11.9 Å². The highest BCUT2D eigenvalue weighted by Gasteiger charge is 2.18. The van der Waals surface area contributed by atoms with Gasteiger partial charge in [0.25, 0.3) is 0 Å². The van der Waals surface area contributed by atoms with Crippen LogP contribution in [0.5, 0.6) is 0 Å². The monoisotopic (exact) mass is 385 g/mol. The first-order chi connectivity index (χ1) is 12.5. The molecule has 0 saturated heterocycles. The third kappa shape index (κ3) is 4.69. The second-order valence-electron chi connectivity index (χ2n) is 6.11. The maximum absolute atomic E-state index is 12.1. The molecule has 3 aromatic rings. The largest absolute Gasteiger partial charge is 0.296 e. The van der Waals surface area contributed by atoms with E-state index in [-0.39, 0.29) is 5.91 Å². The number of carbonyl (C=O) groups excluding carboxylic acids is 1. The van der Waals surface area contributed by atoms with Crippen LogP contribution in [0, 0.1) is 0 Å². The molecule has 0 spiro atoms. The van der Waals surface area contributed by atoms with Crippen molar-refractivity contribution in [3.8, 4) is 0 Å². The van der Waals surface area contributed by atoms with Crippen molar-refractivity contribution in [3.05, 3.63) is 76.3 Å². The normalized spacial score (nSPS) is 10.9. The molecule has 0 aliphatic heterocycles. The fourth-order valence-corrected chi connectivity index (χ4v) is 3.85. The van der Waals surface area contributed by atoms with E-state index in [4.69, 9.17) is 11.6 Å². The molecule has 6 heteroatoms. The smallest absolute Gasteiger partial charge is 0.230 e. The summed E-state index contributed by atoms with van der Waals surface area (Å²) in [5.74, 6) is -0.0515. The van der Waals surface area contributed by atoms with Gasteiger partial charge in [-0.25, -0.2) is 4.98 Å². The highest BCUT2D eigenvalue weighted by atomic mass is 35.5. The summed E-state index contributed by atoms with van der Waals surface area (Å²) in [5, 5.41) is 3.43. The van der Waals surface area contributed by atoms with Gasteiger partial charge >= 0.3 is 0 Å². The molecule has 0 fully saturated rings. The van der Waals surface area contributed by atoms with Gasteiger partial charge in [0.2, 0.25) is 5.91 Å². The molecule has 134 valence electrons. The number of anilines is 2. The van der Waals surface area contributed by atoms with Gasteiger partial charge in [0.05, 0.1) is 11.4 Å². The molecule has 26 heavy (non-hydrogen) atoms. The summed E-state index contributed by atoms with van der Waals surface area (Å²) >= 11 is 7.53. The summed E-state index contributed by atoms with van der Waals surface area (Å²) in [6.07, 6.45) is 0. The Balaban J connectivity index is 1.71. The summed E-state index contributed by atoms with van der Waals surface area (Å²) in [6, 6.07) is 17.4. The summed E-state index contributed by atoms with van der Waals surface area (Å²) in [7, 11) is 2.04. The first-order valence-corrected chi connectivity index (χ1v) is 9.52. The van der Waals surface area contributed by atoms with Crippen LogP contribution in [0.25, 0.3) is 0 Å². The highest BCUT2D eigenvalue weighted by molar-refractivity contribution is 7.14. The van der Waals surface area contributed by atoms with Gasteiger partial charge in [0.1, 0.15) is 0 Å². The standard InChI is InChI=1S/C20H20ClN3OS/c1-15(25)24(19-9-4-3-5-10-19)20-22-18(14-26-20)13-23(2)12-16-7-6-8-17(21)11-16/h3-11,14H,12-13H2,1-2H3. The predicted octanol–water partition coefficient (Wildman–Crippen LogP) is 5.11. The Morgan fingerprint density at radius 1 is 1.12 bits per heavy atom. The SMILES string of the molecule is CC(=O)N(c1ccccc1)c1nc(CN(C)Cc2cccc(Cl)c2)cs1. The number of benzene rings is 2. The second-order valence-corrected chi connectivity index (χ2v) is 7.39.